The number of rotatable bonds is 10. The Labute approximate surface area is 202 Å². The number of hydrogen-bond donors (Lipinski definition) is 3. The zero-order chi connectivity index (χ0) is 26.3. The summed E-state index contributed by atoms with van der Waals surface area (Å²) in [6, 6.07) is 2.81. The van der Waals surface area contributed by atoms with Gasteiger partial charge in [0, 0.05) is 29.4 Å². The molecule has 1 aromatic carbocycles. The molecule has 3 N–H and O–H groups in total. The third-order valence-electron chi connectivity index (χ3n) is 5.93. The van der Waals surface area contributed by atoms with Crippen LogP contribution in [0.4, 0.5) is 27.6 Å². The van der Waals surface area contributed by atoms with Gasteiger partial charge in [-0.1, -0.05) is 33.3 Å². The standard InChI is InChI=1S/C25H31F5N4O/c1-5-8-9-19(18(27)6-2)33-20-12-15(26)10-11-16(20)23(31)14(4)22-17(25(28,29)30)13-21(35)34-24(22)32-7-3/h7,10-12,17-19,31,33H,3,5-6,8-9,13H2,1-2,4H3,(H,32,34,35)/b22-14+,31-23?. The first-order chi connectivity index (χ1) is 16.4. The molecule has 0 aliphatic carbocycles. The minimum atomic E-state index is -4.77. The molecule has 1 saturated heterocycles. The van der Waals surface area contributed by atoms with E-state index in [-0.39, 0.29) is 40.4 Å². The highest BCUT2D eigenvalue weighted by Gasteiger charge is 2.48. The van der Waals surface area contributed by atoms with Gasteiger partial charge in [-0.3, -0.25) is 10.2 Å². The molecule has 0 radical (unpaired) electrons. The summed E-state index contributed by atoms with van der Waals surface area (Å²) in [5, 5.41) is 14.0. The number of hydrogen-bond acceptors (Lipinski definition) is 4. The maximum absolute atomic E-state index is 14.6. The fourth-order valence-electron chi connectivity index (χ4n) is 4.06. The average molecular weight is 499 g/mol. The van der Waals surface area contributed by atoms with E-state index >= 15 is 0 Å². The molecular formula is C25H31F5N4O. The lowest BCUT2D eigenvalue weighted by Gasteiger charge is -2.30. The second kappa shape index (κ2) is 12.1. The molecule has 192 valence electrons. The quantitative estimate of drug-likeness (QED) is 0.255. The lowest BCUT2D eigenvalue weighted by molar-refractivity contribution is -0.169. The third kappa shape index (κ3) is 6.99. The number of unbranched alkanes of at least 4 members (excludes halogenated alkanes) is 1. The van der Waals surface area contributed by atoms with Crippen LogP contribution in [0.15, 0.2) is 47.1 Å². The number of anilines is 1. The molecule has 0 aromatic heterocycles. The van der Waals surface area contributed by atoms with Gasteiger partial charge in [-0.2, -0.15) is 13.2 Å². The van der Waals surface area contributed by atoms with E-state index < -0.39 is 42.5 Å². The smallest absolute Gasteiger partial charge is 0.379 e. The molecule has 3 unspecified atom stereocenters. The van der Waals surface area contributed by atoms with Crippen molar-refractivity contribution in [1.29, 1.82) is 5.41 Å². The van der Waals surface area contributed by atoms with Gasteiger partial charge in [-0.15, -0.1) is 0 Å². The van der Waals surface area contributed by atoms with Crippen LogP contribution in [0.1, 0.15) is 58.4 Å². The fraction of sp³-hybridized carbons (Fsp3) is 0.480. The maximum atomic E-state index is 14.6. The van der Waals surface area contributed by atoms with Gasteiger partial charge in [0.25, 0.3) is 0 Å². The van der Waals surface area contributed by atoms with Gasteiger partial charge in [0.15, 0.2) is 0 Å². The molecule has 35 heavy (non-hydrogen) atoms. The van der Waals surface area contributed by atoms with E-state index in [0.717, 1.165) is 31.2 Å². The Bertz CT molecular complexity index is 1020. The Morgan fingerprint density at radius 3 is 2.63 bits per heavy atom. The van der Waals surface area contributed by atoms with Crippen molar-refractivity contribution in [3.05, 3.63) is 53.5 Å². The number of amidine groups is 1. The molecule has 0 spiro atoms. The number of carbonyl (C=O) groups is 1. The highest BCUT2D eigenvalue weighted by molar-refractivity contribution is 6.20. The number of halogens is 5. The SMILES string of the molecule is C=CN=C1NC(=O)CC(C(F)(F)F)/C1=C(/C)C(=N)c1ccc(F)cc1NC(CCCC)C(F)CC. The highest BCUT2D eigenvalue weighted by atomic mass is 19.4. The lowest BCUT2D eigenvalue weighted by Crippen LogP contribution is -2.46. The monoisotopic (exact) mass is 498 g/mol. The van der Waals surface area contributed by atoms with E-state index in [1.54, 1.807) is 6.92 Å². The maximum Gasteiger partial charge on any atom is 0.396 e. The predicted octanol–water partition coefficient (Wildman–Crippen LogP) is 6.47. The number of nitrogens with zero attached hydrogens (tertiary/aromatic N) is 1. The van der Waals surface area contributed by atoms with Crippen LogP contribution in [-0.4, -0.2) is 35.8 Å². The van der Waals surface area contributed by atoms with Crippen molar-refractivity contribution < 1.29 is 26.7 Å². The van der Waals surface area contributed by atoms with E-state index in [4.69, 9.17) is 5.41 Å². The number of alkyl halides is 4. The number of aliphatic imine (C=N–C) groups is 1. The summed E-state index contributed by atoms with van der Waals surface area (Å²) in [5.74, 6) is -4.01. The number of amides is 1. The fourth-order valence-corrected chi connectivity index (χ4v) is 4.06. The first-order valence-corrected chi connectivity index (χ1v) is 11.5. The summed E-state index contributed by atoms with van der Waals surface area (Å²) in [7, 11) is 0. The third-order valence-corrected chi connectivity index (χ3v) is 5.93. The van der Waals surface area contributed by atoms with Gasteiger partial charge >= 0.3 is 6.18 Å². The number of nitrogens with one attached hydrogen (secondary N) is 3. The first-order valence-electron chi connectivity index (χ1n) is 11.5. The van der Waals surface area contributed by atoms with Crippen LogP contribution in [0.2, 0.25) is 0 Å². The van der Waals surface area contributed by atoms with E-state index in [0.29, 0.717) is 6.42 Å². The molecule has 3 atom stereocenters. The number of benzene rings is 1. The normalized spacial score (nSPS) is 20.7. The number of carbonyl (C=O) groups excluding carboxylic acids is 1. The second-order valence-electron chi connectivity index (χ2n) is 8.43. The molecule has 2 rings (SSSR count). The van der Waals surface area contributed by atoms with Gasteiger partial charge in [-0.25, -0.2) is 13.8 Å². The van der Waals surface area contributed by atoms with Gasteiger partial charge in [0.05, 0.1) is 17.7 Å². The topological polar surface area (TPSA) is 77.3 Å². The zero-order valence-corrected chi connectivity index (χ0v) is 20.0. The molecule has 5 nitrogen and oxygen atoms in total. The Morgan fingerprint density at radius 2 is 2.06 bits per heavy atom. The summed E-state index contributed by atoms with van der Waals surface area (Å²) in [6.45, 7) is 8.34. The Hall–Kier alpha value is -3.04. The molecule has 0 saturated carbocycles. The van der Waals surface area contributed by atoms with Crippen LogP contribution in [0.3, 0.4) is 0 Å². The van der Waals surface area contributed by atoms with Crippen molar-refractivity contribution in [1.82, 2.24) is 5.32 Å². The van der Waals surface area contributed by atoms with Crippen LogP contribution in [-0.2, 0) is 4.79 Å². The molecule has 1 amide bonds. The predicted molar refractivity (Wildman–Crippen MR) is 128 cm³/mol. The number of allylic oxidation sites excluding steroid dienone is 1. The van der Waals surface area contributed by atoms with Gasteiger partial charge in [-0.05, 0) is 43.5 Å². The van der Waals surface area contributed by atoms with Crippen LogP contribution in [0.5, 0.6) is 0 Å². The van der Waals surface area contributed by atoms with Crippen LogP contribution >= 0.6 is 0 Å². The van der Waals surface area contributed by atoms with Crippen molar-refractivity contribution >= 4 is 23.1 Å². The van der Waals surface area contributed by atoms with Gasteiger partial charge in [0.1, 0.15) is 17.8 Å². The molecule has 1 aliphatic rings. The van der Waals surface area contributed by atoms with Crippen molar-refractivity contribution in [2.45, 2.75) is 71.3 Å². The Kier molecular flexibility index (Phi) is 9.73. The van der Waals surface area contributed by atoms with Gasteiger partial charge in [0.2, 0.25) is 5.91 Å². The summed E-state index contributed by atoms with van der Waals surface area (Å²) in [6.07, 6.45) is -3.63. The van der Waals surface area contributed by atoms with Crippen molar-refractivity contribution in [3.8, 4) is 0 Å². The van der Waals surface area contributed by atoms with Crippen LogP contribution in [0.25, 0.3) is 0 Å². The van der Waals surface area contributed by atoms with E-state index in [9.17, 15) is 26.7 Å². The van der Waals surface area contributed by atoms with Gasteiger partial charge < -0.3 is 10.6 Å². The molecule has 1 fully saturated rings. The molecule has 10 heteroatoms. The van der Waals surface area contributed by atoms with E-state index in [1.165, 1.54) is 13.0 Å². The van der Waals surface area contributed by atoms with Crippen LogP contribution < -0.4 is 10.6 Å². The first kappa shape index (κ1) is 28.2. The minimum Gasteiger partial charge on any atom is -0.379 e. The second-order valence-corrected chi connectivity index (χ2v) is 8.43. The Balaban J connectivity index is 2.61. The summed E-state index contributed by atoms with van der Waals surface area (Å²) >= 11 is 0. The zero-order valence-electron chi connectivity index (χ0n) is 20.0. The summed E-state index contributed by atoms with van der Waals surface area (Å²) in [5.41, 5.74) is -0.572. The number of piperidine rings is 1. The van der Waals surface area contributed by atoms with Crippen molar-refractivity contribution in [2.75, 3.05) is 5.32 Å². The molecule has 1 aromatic rings. The minimum absolute atomic E-state index is 0.0972. The van der Waals surface area contributed by atoms with E-state index in [2.05, 4.69) is 22.2 Å². The van der Waals surface area contributed by atoms with E-state index in [1.807, 2.05) is 6.92 Å². The largest absolute Gasteiger partial charge is 0.396 e. The highest BCUT2D eigenvalue weighted by Crippen LogP contribution is 2.39. The lowest BCUT2D eigenvalue weighted by atomic mass is 9.84. The average Bonchev–Trinajstić information content (AvgIpc) is 2.79. The van der Waals surface area contributed by atoms with Crippen molar-refractivity contribution in [2.24, 2.45) is 10.9 Å². The molecule has 0 bridgehead atoms. The molecule has 1 aliphatic heterocycles. The summed E-state index contributed by atoms with van der Waals surface area (Å²) < 4.78 is 70.4. The van der Waals surface area contributed by atoms with Crippen molar-refractivity contribution in [3.63, 3.8) is 0 Å². The summed E-state index contributed by atoms with van der Waals surface area (Å²) in [4.78, 5) is 15.7. The Morgan fingerprint density at radius 1 is 1.37 bits per heavy atom. The molecule has 1 heterocycles. The van der Waals surface area contributed by atoms with Crippen LogP contribution in [0, 0.1) is 17.1 Å². The molecular weight excluding hydrogens is 467 g/mol.